The van der Waals surface area contributed by atoms with Crippen LogP contribution in [0.5, 0.6) is 0 Å². The average molecular weight is 424 g/mol. The van der Waals surface area contributed by atoms with Crippen LogP contribution in [-0.2, 0) is 11.3 Å². The summed E-state index contributed by atoms with van der Waals surface area (Å²) in [5, 5.41) is 11.4. The second-order valence-electron chi connectivity index (χ2n) is 9.11. The van der Waals surface area contributed by atoms with Crippen molar-refractivity contribution in [1.29, 1.82) is 0 Å². The zero-order valence-corrected chi connectivity index (χ0v) is 17.9. The van der Waals surface area contributed by atoms with Gasteiger partial charge in [0.15, 0.2) is 0 Å². The lowest BCUT2D eigenvalue weighted by atomic mass is 9.90. The summed E-state index contributed by atoms with van der Waals surface area (Å²) in [6, 6.07) is 10.8. The Morgan fingerprint density at radius 3 is 2.61 bits per heavy atom. The minimum Gasteiger partial charge on any atom is -0.465 e. The number of likely N-dealkylation sites (tertiary alicyclic amines) is 1. The van der Waals surface area contributed by atoms with Gasteiger partial charge in [0.05, 0.1) is 29.9 Å². The Labute approximate surface area is 182 Å². The minimum absolute atomic E-state index is 0.0716. The van der Waals surface area contributed by atoms with Crippen LogP contribution in [0, 0.1) is 6.92 Å². The molecule has 31 heavy (non-hydrogen) atoms. The van der Waals surface area contributed by atoms with E-state index in [1.807, 2.05) is 37.3 Å². The molecule has 7 nitrogen and oxygen atoms in total. The van der Waals surface area contributed by atoms with Crippen LogP contribution in [0.3, 0.4) is 0 Å². The van der Waals surface area contributed by atoms with Crippen molar-refractivity contribution >= 4 is 17.5 Å². The van der Waals surface area contributed by atoms with Crippen molar-refractivity contribution in [3.8, 4) is 0 Å². The van der Waals surface area contributed by atoms with Gasteiger partial charge < -0.3 is 19.3 Å². The van der Waals surface area contributed by atoms with E-state index in [1.165, 1.54) is 0 Å². The largest absolute Gasteiger partial charge is 0.465 e. The van der Waals surface area contributed by atoms with Gasteiger partial charge >= 0.3 is 0 Å². The predicted molar refractivity (Wildman–Crippen MR) is 116 cm³/mol. The Morgan fingerprint density at radius 2 is 1.87 bits per heavy atom. The maximum Gasteiger partial charge on any atom is 0.256 e. The molecule has 3 aliphatic rings. The lowest BCUT2D eigenvalue weighted by Gasteiger charge is -2.41. The van der Waals surface area contributed by atoms with E-state index in [1.54, 1.807) is 15.9 Å². The summed E-state index contributed by atoms with van der Waals surface area (Å²) < 4.78 is 5.68. The Hall–Kier alpha value is -2.64. The van der Waals surface area contributed by atoms with E-state index in [4.69, 9.17) is 4.42 Å². The van der Waals surface area contributed by atoms with Crippen LogP contribution in [0.25, 0.3) is 0 Å². The Morgan fingerprint density at radius 1 is 1.10 bits per heavy atom. The first kappa shape index (κ1) is 20.3. The maximum absolute atomic E-state index is 13.5. The third-order valence-electron chi connectivity index (χ3n) is 6.90. The molecule has 4 heterocycles. The number of benzene rings is 1. The second-order valence-corrected chi connectivity index (χ2v) is 9.11. The maximum atomic E-state index is 13.5. The van der Waals surface area contributed by atoms with Gasteiger partial charge in [0, 0.05) is 19.6 Å². The third kappa shape index (κ3) is 3.77. The van der Waals surface area contributed by atoms with Crippen molar-refractivity contribution in [3.05, 3.63) is 53.5 Å². The highest BCUT2D eigenvalue weighted by Crippen LogP contribution is 2.35. The number of fused-ring (bicyclic) bond motifs is 2. The van der Waals surface area contributed by atoms with Crippen molar-refractivity contribution < 1.29 is 19.1 Å². The molecule has 1 N–H and O–H groups in total. The molecule has 2 fully saturated rings. The van der Waals surface area contributed by atoms with Crippen molar-refractivity contribution in [2.45, 2.75) is 50.8 Å². The summed E-state index contributed by atoms with van der Waals surface area (Å²) in [6.45, 7) is 4.95. The lowest BCUT2D eigenvalue weighted by molar-refractivity contribution is -0.123. The van der Waals surface area contributed by atoms with E-state index in [-0.39, 0.29) is 18.4 Å². The first-order valence-electron chi connectivity index (χ1n) is 11.1. The molecule has 2 aromatic rings. The first-order chi connectivity index (χ1) is 14.9. The Kier molecular flexibility index (Phi) is 5.10. The SMILES string of the molecule is Cc1ccc(CN2CCC(O)(CN3C(=O)C4CCCN4C(=O)c4ccccc43)CC2)o1. The van der Waals surface area contributed by atoms with Gasteiger partial charge in [-0.1, -0.05) is 12.1 Å². The summed E-state index contributed by atoms with van der Waals surface area (Å²) in [6.07, 6.45) is 2.66. The fourth-order valence-corrected chi connectivity index (χ4v) is 5.14. The molecule has 0 spiro atoms. The number of furan rings is 1. The molecule has 7 heteroatoms. The van der Waals surface area contributed by atoms with Gasteiger partial charge in [-0.2, -0.15) is 0 Å². The molecule has 5 rings (SSSR count). The standard InChI is InChI=1S/C24H29N3O4/c1-17-8-9-18(31-17)15-25-13-10-24(30,11-14-25)16-27-20-6-3-2-5-19(20)22(28)26-12-4-7-21(26)23(27)29/h2-3,5-6,8-9,21,30H,4,7,10-16H2,1H3. The zero-order chi connectivity index (χ0) is 21.6. The van der Waals surface area contributed by atoms with E-state index < -0.39 is 11.6 Å². The molecule has 0 radical (unpaired) electrons. The van der Waals surface area contributed by atoms with Crippen molar-refractivity contribution in [2.75, 3.05) is 31.1 Å². The van der Waals surface area contributed by atoms with Crippen LogP contribution in [0.1, 0.15) is 47.6 Å². The molecule has 2 saturated heterocycles. The molecule has 3 aliphatic heterocycles. The lowest BCUT2D eigenvalue weighted by Crippen LogP contribution is -2.54. The fourth-order valence-electron chi connectivity index (χ4n) is 5.14. The molecule has 1 unspecified atom stereocenters. The van der Waals surface area contributed by atoms with Gasteiger partial charge in [-0.3, -0.25) is 14.5 Å². The number of piperidine rings is 1. The number of β-amino-alcohol motifs (C(OH)–C–C–N with tert-alkyl or cyclic N) is 1. The van der Waals surface area contributed by atoms with E-state index in [0.29, 0.717) is 37.1 Å². The van der Waals surface area contributed by atoms with Gasteiger partial charge in [0.1, 0.15) is 17.6 Å². The molecular weight excluding hydrogens is 394 g/mol. The molecular formula is C24H29N3O4. The number of amides is 2. The smallest absolute Gasteiger partial charge is 0.256 e. The third-order valence-corrected chi connectivity index (χ3v) is 6.90. The number of hydrogen-bond acceptors (Lipinski definition) is 5. The van der Waals surface area contributed by atoms with Gasteiger partial charge in [0.25, 0.3) is 5.91 Å². The molecule has 0 bridgehead atoms. The highest BCUT2D eigenvalue weighted by molar-refractivity contribution is 6.11. The number of aliphatic hydroxyl groups is 1. The van der Waals surface area contributed by atoms with Crippen LogP contribution in [-0.4, -0.2) is 64.5 Å². The van der Waals surface area contributed by atoms with E-state index in [9.17, 15) is 14.7 Å². The van der Waals surface area contributed by atoms with Crippen LogP contribution in [0.2, 0.25) is 0 Å². The van der Waals surface area contributed by atoms with Gasteiger partial charge in [-0.05, 0) is 56.9 Å². The van der Waals surface area contributed by atoms with Crippen molar-refractivity contribution in [3.63, 3.8) is 0 Å². The number of nitrogens with zero attached hydrogens (tertiary/aromatic N) is 3. The first-order valence-corrected chi connectivity index (χ1v) is 11.1. The van der Waals surface area contributed by atoms with E-state index >= 15 is 0 Å². The highest BCUT2D eigenvalue weighted by Gasteiger charge is 2.44. The van der Waals surface area contributed by atoms with Gasteiger partial charge in [-0.15, -0.1) is 0 Å². The van der Waals surface area contributed by atoms with Gasteiger partial charge in [-0.25, -0.2) is 0 Å². The predicted octanol–water partition coefficient (Wildman–Crippen LogP) is 2.57. The second kappa shape index (κ2) is 7.80. The molecule has 1 aromatic carbocycles. The number of rotatable bonds is 4. The number of carbonyl (C=O) groups excluding carboxylic acids is 2. The quantitative estimate of drug-likeness (QED) is 0.818. The summed E-state index contributed by atoms with van der Waals surface area (Å²) in [5.41, 5.74) is 0.193. The summed E-state index contributed by atoms with van der Waals surface area (Å²) in [7, 11) is 0. The summed E-state index contributed by atoms with van der Waals surface area (Å²) >= 11 is 0. The van der Waals surface area contributed by atoms with Crippen molar-refractivity contribution in [1.82, 2.24) is 9.80 Å². The van der Waals surface area contributed by atoms with Crippen LogP contribution in [0.4, 0.5) is 5.69 Å². The van der Waals surface area contributed by atoms with Crippen LogP contribution >= 0.6 is 0 Å². The number of carbonyl (C=O) groups is 2. The minimum atomic E-state index is -0.977. The van der Waals surface area contributed by atoms with Gasteiger partial charge in [0.2, 0.25) is 5.91 Å². The fraction of sp³-hybridized carbons (Fsp3) is 0.500. The number of para-hydroxylation sites is 1. The topological polar surface area (TPSA) is 77.2 Å². The summed E-state index contributed by atoms with van der Waals surface area (Å²) in [4.78, 5) is 32.2. The molecule has 2 amide bonds. The monoisotopic (exact) mass is 423 g/mol. The number of aryl methyl sites for hydroxylation is 1. The Balaban J connectivity index is 1.34. The molecule has 0 saturated carbocycles. The molecule has 1 aromatic heterocycles. The van der Waals surface area contributed by atoms with E-state index in [0.717, 1.165) is 37.6 Å². The zero-order valence-electron chi connectivity index (χ0n) is 17.9. The van der Waals surface area contributed by atoms with Crippen LogP contribution in [0.15, 0.2) is 40.8 Å². The number of hydrogen-bond donors (Lipinski definition) is 1. The summed E-state index contributed by atoms with van der Waals surface area (Å²) in [5.74, 6) is 1.68. The van der Waals surface area contributed by atoms with E-state index in [2.05, 4.69) is 4.90 Å². The normalized spacial score (nSPS) is 23.6. The van der Waals surface area contributed by atoms with Crippen molar-refractivity contribution in [2.24, 2.45) is 0 Å². The molecule has 1 atom stereocenters. The van der Waals surface area contributed by atoms with Crippen LogP contribution < -0.4 is 4.90 Å². The average Bonchev–Trinajstić information content (AvgIpc) is 3.40. The molecule has 164 valence electrons. The molecule has 0 aliphatic carbocycles. The number of anilines is 1. The highest BCUT2D eigenvalue weighted by atomic mass is 16.3. The Bertz CT molecular complexity index is 992.